The maximum absolute atomic E-state index is 13.5. The van der Waals surface area contributed by atoms with Crippen molar-refractivity contribution in [1.82, 2.24) is 5.32 Å². The molecule has 1 heterocycles. The minimum absolute atomic E-state index is 0.249. The number of likely N-dealkylation sites (N-methyl/N-ethyl adjacent to an activating group) is 1. The molecule has 3 rings (SSSR count). The summed E-state index contributed by atoms with van der Waals surface area (Å²) in [5.41, 5.74) is 2.86. The Morgan fingerprint density at radius 1 is 1.14 bits per heavy atom. The van der Waals surface area contributed by atoms with Gasteiger partial charge in [0.05, 0.1) is 12.6 Å². The second kappa shape index (κ2) is 5.92. The van der Waals surface area contributed by atoms with Gasteiger partial charge >= 0.3 is 0 Å². The highest BCUT2D eigenvalue weighted by Gasteiger charge is 2.29. The molecule has 0 fully saturated rings. The molecule has 2 aromatic rings. The molecule has 2 nitrogen and oxygen atoms in total. The van der Waals surface area contributed by atoms with E-state index < -0.39 is 11.6 Å². The average Bonchev–Trinajstić information content (AvgIpc) is 2.47. The molecule has 0 saturated carbocycles. The summed E-state index contributed by atoms with van der Waals surface area (Å²) in [5, 5.41) is 3.13. The Morgan fingerprint density at radius 3 is 2.57 bits per heavy atom. The van der Waals surface area contributed by atoms with Crippen LogP contribution in [0, 0.1) is 11.6 Å². The Balaban J connectivity index is 2.01. The van der Waals surface area contributed by atoms with E-state index in [0.29, 0.717) is 12.2 Å². The van der Waals surface area contributed by atoms with Crippen molar-refractivity contribution in [3.05, 3.63) is 70.8 Å². The van der Waals surface area contributed by atoms with Crippen LogP contribution in [0.25, 0.3) is 0 Å². The third kappa shape index (κ3) is 2.82. The Morgan fingerprint density at radius 2 is 1.86 bits per heavy atom. The van der Waals surface area contributed by atoms with E-state index in [4.69, 9.17) is 4.74 Å². The fourth-order valence-corrected chi connectivity index (χ4v) is 2.95. The number of halogens is 2. The molecule has 2 atom stereocenters. The highest BCUT2D eigenvalue weighted by molar-refractivity contribution is 5.34. The standard InChI is InChI=1S/C17H17F2NO/c1-20-16(12-8-13(18)10-14(19)9-12)17-15-5-3-2-4-11(15)6-7-21-17/h2-5,8-10,16-17,20H,6-7H2,1H3. The summed E-state index contributed by atoms with van der Waals surface area (Å²) < 4.78 is 32.8. The minimum atomic E-state index is -0.575. The van der Waals surface area contributed by atoms with Gasteiger partial charge in [-0.25, -0.2) is 8.78 Å². The summed E-state index contributed by atoms with van der Waals surface area (Å²) in [4.78, 5) is 0. The van der Waals surface area contributed by atoms with E-state index in [0.717, 1.165) is 18.1 Å². The second-order valence-electron chi connectivity index (χ2n) is 5.21. The van der Waals surface area contributed by atoms with Gasteiger partial charge in [-0.05, 0) is 42.3 Å². The van der Waals surface area contributed by atoms with Crippen LogP contribution in [0.15, 0.2) is 42.5 Å². The van der Waals surface area contributed by atoms with Gasteiger partial charge < -0.3 is 10.1 Å². The predicted octanol–water partition coefficient (Wildman–Crippen LogP) is 3.54. The number of hydrogen-bond donors (Lipinski definition) is 1. The summed E-state index contributed by atoms with van der Waals surface area (Å²) in [7, 11) is 1.77. The first kappa shape index (κ1) is 14.2. The molecule has 2 aromatic carbocycles. The minimum Gasteiger partial charge on any atom is -0.371 e. The van der Waals surface area contributed by atoms with Crippen molar-refractivity contribution in [2.75, 3.05) is 13.7 Å². The first-order valence-electron chi connectivity index (χ1n) is 7.01. The van der Waals surface area contributed by atoms with Crippen LogP contribution >= 0.6 is 0 Å². The van der Waals surface area contributed by atoms with Gasteiger partial charge in [-0.1, -0.05) is 24.3 Å². The highest BCUT2D eigenvalue weighted by atomic mass is 19.1. The maximum atomic E-state index is 13.5. The summed E-state index contributed by atoms with van der Waals surface area (Å²) in [5.74, 6) is -1.15. The van der Waals surface area contributed by atoms with Crippen molar-refractivity contribution in [3.63, 3.8) is 0 Å². The van der Waals surface area contributed by atoms with E-state index in [-0.39, 0.29) is 12.1 Å². The zero-order chi connectivity index (χ0) is 14.8. The Kier molecular flexibility index (Phi) is 3.99. The first-order valence-corrected chi connectivity index (χ1v) is 7.01. The van der Waals surface area contributed by atoms with Crippen LogP contribution in [0.1, 0.15) is 28.8 Å². The van der Waals surface area contributed by atoms with Gasteiger partial charge in [-0.3, -0.25) is 0 Å². The van der Waals surface area contributed by atoms with Crippen LogP contribution in [0.3, 0.4) is 0 Å². The van der Waals surface area contributed by atoms with Gasteiger partial charge in [0.25, 0.3) is 0 Å². The Hall–Kier alpha value is -1.78. The number of nitrogens with one attached hydrogen (secondary N) is 1. The molecular weight excluding hydrogens is 272 g/mol. The quantitative estimate of drug-likeness (QED) is 0.933. The van der Waals surface area contributed by atoms with E-state index in [1.54, 1.807) is 7.05 Å². The third-order valence-corrected chi connectivity index (χ3v) is 3.89. The van der Waals surface area contributed by atoms with Crippen LogP contribution in [0.2, 0.25) is 0 Å². The van der Waals surface area contributed by atoms with Crippen LogP contribution in [-0.2, 0) is 11.2 Å². The van der Waals surface area contributed by atoms with Gasteiger partial charge in [0.2, 0.25) is 0 Å². The lowest BCUT2D eigenvalue weighted by Crippen LogP contribution is -2.29. The van der Waals surface area contributed by atoms with Crippen molar-refractivity contribution < 1.29 is 13.5 Å². The van der Waals surface area contributed by atoms with Crippen molar-refractivity contribution in [3.8, 4) is 0 Å². The number of rotatable bonds is 3. The molecule has 1 N–H and O–H groups in total. The third-order valence-electron chi connectivity index (χ3n) is 3.89. The van der Waals surface area contributed by atoms with Crippen LogP contribution in [-0.4, -0.2) is 13.7 Å². The van der Waals surface area contributed by atoms with Crippen molar-refractivity contribution in [2.45, 2.75) is 18.6 Å². The van der Waals surface area contributed by atoms with Crippen molar-refractivity contribution in [1.29, 1.82) is 0 Å². The van der Waals surface area contributed by atoms with Crippen molar-refractivity contribution in [2.24, 2.45) is 0 Å². The summed E-state index contributed by atoms with van der Waals surface area (Å²) in [6.07, 6.45) is 0.613. The molecule has 0 bridgehead atoms. The van der Waals surface area contributed by atoms with Gasteiger partial charge in [-0.15, -0.1) is 0 Å². The van der Waals surface area contributed by atoms with E-state index >= 15 is 0 Å². The van der Waals surface area contributed by atoms with E-state index in [1.165, 1.54) is 17.7 Å². The molecule has 0 amide bonds. The van der Waals surface area contributed by atoms with Gasteiger partial charge in [0.15, 0.2) is 0 Å². The normalized spacial score (nSPS) is 19.1. The summed E-state index contributed by atoms with van der Waals surface area (Å²) in [6.45, 7) is 0.609. The van der Waals surface area contributed by atoms with E-state index in [9.17, 15) is 8.78 Å². The summed E-state index contributed by atoms with van der Waals surface area (Å²) in [6, 6.07) is 11.3. The molecule has 1 aliphatic rings. The lowest BCUT2D eigenvalue weighted by atomic mass is 9.90. The van der Waals surface area contributed by atoms with Gasteiger partial charge in [-0.2, -0.15) is 0 Å². The molecule has 0 aromatic heterocycles. The molecule has 0 radical (unpaired) electrons. The smallest absolute Gasteiger partial charge is 0.126 e. The number of benzene rings is 2. The molecule has 21 heavy (non-hydrogen) atoms. The molecule has 2 unspecified atom stereocenters. The predicted molar refractivity (Wildman–Crippen MR) is 77.0 cm³/mol. The molecule has 4 heteroatoms. The van der Waals surface area contributed by atoms with Crippen LogP contribution < -0.4 is 5.32 Å². The highest BCUT2D eigenvalue weighted by Crippen LogP contribution is 2.37. The van der Waals surface area contributed by atoms with Crippen molar-refractivity contribution >= 4 is 0 Å². The molecule has 0 saturated heterocycles. The van der Waals surface area contributed by atoms with E-state index in [1.807, 2.05) is 18.2 Å². The molecule has 1 aliphatic heterocycles. The van der Waals surface area contributed by atoms with Crippen LogP contribution in [0.5, 0.6) is 0 Å². The lowest BCUT2D eigenvalue weighted by molar-refractivity contribution is 0.0164. The monoisotopic (exact) mass is 289 g/mol. The lowest BCUT2D eigenvalue weighted by Gasteiger charge is -2.32. The van der Waals surface area contributed by atoms with Gasteiger partial charge in [0, 0.05) is 6.07 Å². The molecular formula is C17H17F2NO. The molecule has 0 spiro atoms. The Bertz CT molecular complexity index is 624. The fraction of sp³-hybridized carbons (Fsp3) is 0.294. The summed E-state index contributed by atoms with van der Waals surface area (Å²) >= 11 is 0. The van der Waals surface area contributed by atoms with Gasteiger partial charge in [0.1, 0.15) is 17.7 Å². The van der Waals surface area contributed by atoms with E-state index in [2.05, 4.69) is 11.4 Å². The SMILES string of the molecule is CNC(c1cc(F)cc(F)c1)C1OCCc2ccccc21. The topological polar surface area (TPSA) is 21.3 Å². The number of fused-ring (bicyclic) bond motifs is 1. The average molecular weight is 289 g/mol. The van der Waals surface area contributed by atoms with Crippen LogP contribution in [0.4, 0.5) is 8.78 Å². The molecule has 110 valence electrons. The first-order chi connectivity index (χ1) is 10.2. The number of hydrogen-bond acceptors (Lipinski definition) is 2. The zero-order valence-corrected chi connectivity index (χ0v) is 11.8. The zero-order valence-electron chi connectivity index (χ0n) is 11.8. The number of ether oxygens (including phenoxy) is 1. The largest absolute Gasteiger partial charge is 0.371 e. The maximum Gasteiger partial charge on any atom is 0.126 e. The second-order valence-corrected chi connectivity index (χ2v) is 5.21. The fourth-order valence-electron chi connectivity index (χ4n) is 2.95. The Labute approximate surface area is 122 Å². The molecule has 0 aliphatic carbocycles.